The average Bonchev–Trinajstić information content (AvgIpc) is 2.40. The Morgan fingerprint density at radius 2 is 2.53 bits per heavy atom. The molecule has 0 bridgehead atoms. The molecule has 0 radical (unpaired) electrons. The summed E-state index contributed by atoms with van der Waals surface area (Å²) < 4.78 is 5.55. The number of morpholine rings is 1. The Morgan fingerprint density at radius 1 is 1.65 bits per heavy atom. The van der Waals surface area contributed by atoms with Crippen molar-refractivity contribution in [2.45, 2.75) is 6.10 Å². The summed E-state index contributed by atoms with van der Waals surface area (Å²) in [4.78, 5) is 13.9. The summed E-state index contributed by atoms with van der Waals surface area (Å²) in [5.74, 6) is -0.00990. The Hall–Kier alpha value is -1.53. The van der Waals surface area contributed by atoms with Crippen molar-refractivity contribution in [2.24, 2.45) is 0 Å². The first-order valence-electron chi connectivity index (χ1n) is 5.63. The lowest BCUT2D eigenvalue weighted by Gasteiger charge is -2.32. The van der Waals surface area contributed by atoms with Gasteiger partial charge in [0.1, 0.15) is 0 Å². The number of ether oxygens (including phenoxy) is 1. The van der Waals surface area contributed by atoms with Gasteiger partial charge in [-0.1, -0.05) is 0 Å². The maximum absolute atomic E-state index is 12.1. The minimum absolute atomic E-state index is 0.00990. The molecule has 0 saturated carbocycles. The van der Waals surface area contributed by atoms with Gasteiger partial charge in [0.2, 0.25) is 0 Å². The molecule has 1 fully saturated rings. The molecule has 0 aromatic carbocycles. The largest absolute Gasteiger partial charge is 0.373 e. The lowest BCUT2D eigenvalue weighted by atomic mass is 10.2. The van der Waals surface area contributed by atoms with Crippen LogP contribution in [0.2, 0.25) is 0 Å². The summed E-state index contributed by atoms with van der Waals surface area (Å²) in [7, 11) is 1.87. The predicted octanol–water partition coefficient (Wildman–Crippen LogP) is -0.463. The summed E-state index contributed by atoms with van der Waals surface area (Å²) in [6, 6.07) is 1.68. The summed E-state index contributed by atoms with van der Waals surface area (Å²) in [5, 5.41) is 10.4. The van der Waals surface area contributed by atoms with E-state index in [9.17, 15) is 4.79 Å². The van der Waals surface area contributed by atoms with Gasteiger partial charge in [0.05, 0.1) is 30.7 Å². The van der Waals surface area contributed by atoms with Crippen LogP contribution >= 0.6 is 0 Å². The maximum Gasteiger partial charge on any atom is 0.255 e. The molecule has 2 heterocycles. The van der Waals surface area contributed by atoms with Gasteiger partial charge < -0.3 is 15.0 Å². The van der Waals surface area contributed by atoms with E-state index in [2.05, 4.69) is 15.5 Å². The molecule has 1 N–H and O–H groups in total. The van der Waals surface area contributed by atoms with Gasteiger partial charge in [0, 0.05) is 19.6 Å². The Balaban J connectivity index is 2.00. The molecule has 17 heavy (non-hydrogen) atoms. The molecule has 0 aliphatic carbocycles. The standard InChI is InChI=1S/C11H16N4O2/c1-12-7-10-8-15(4-5-17-10)11(16)9-2-3-13-14-6-9/h2-3,6,10,12H,4-5,7-8H2,1H3. The Bertz CT molecular complexity index is 369. The highest BCUT2D eigenvalue weighted by atomic mass is 16.5. The third-order valence-corrected chi connectivity index (χ3v) is 2.69. The number of likely N-dealkylation sites (N-methyl/N-ethyl adjacent to an activating group) is 1. The van der Waals surface area contributed by atoms with E-state index in [0.717, 1.165) is 6.54 Å². The van der Waals surface area contributed by atoms with Crippen molar-refractivity contribution < 1.29 is 9.53 Å². The quantitative estimate of drug-likeness (QED) is 0.769. The van der Waals surface area contributed by atoms with E-state index in [1.165, 1.54) is 12.4 Å². The fourth-order valence-corrected chi connectivity index (χ4v) is 1.85. The Kier molecular flexibility index (Phi) is 4.00. The second-order valence-electron chi connectivity index (χ2n) is 3.93. The first-order chi connectivity index (χ1) is 8.31. The van der Waals surface area contributed by atoms with Gasteiger partial charge in [-0.25, -0.2) is 0 Å². The van der Waals surface area contributed by atoms with Crippen LogP contribution in [0.3, 0.4) is 0 Å². The number of aromatic nitrogens is 2. The molecule has 1 aliphatic heterocycles. The van der Waals surface area contributed by atoms with Gasteiger partial charge in [-0.2, -0.15) is 10.2 Å². The smallest absolute Gasteiger partial charge is 0.255 e. The monoisotopic (exact) mass is 236 g/mol. The van der Waals surface area contributed by atoms with Crippen molar-refractivity contribution in [1.82, 2.24) is 20.4 Å². The van der Waals surface area contributed by atoms with E-state index in [4.69, 9.17) is 4.74 Å². The van der Waals surface area contributed by atoms with Crippen LogP contribution in [0.4, 0.5) is 0 Å². The highest BCUT2D eigenvalue weighted by Crippen LogP contribution is 2.09. The molecule has 2 rings (SSSR count). The molecule has 1 atom stereocenters. The normalized spacial score (nSPS) is 20.3. The van der Waals surface area contributed by atoms with Gasteiger partial charge >= 0.3 is 0 Å². The van der Waals surface area contributed by atoms with Crippen molar-refractivity contribution in [3.8, 4) is 0 Å². The van der Waals surface area contributed by atoms with Gasteiger partial charge in [0.15, 0.2) is 0 Å². The molecule has 1 aliphatic rings. The van der Waals surface area contributed by atoms with Crippen LogP contribution in [-0.4, -0.2) is 60.4 Å². The zero-order valence-corrected chi connectivity index (χ0v) is 9.80. The molecule has 1 amide bonds. The lowest BCUT2D eigenvalue weighted by molar-refractivity contribution is -0.0196. The third kappa shape index (κ3) is 2.98. The molecule has 1 aromatic heterocycles. The number of hydrogen-bond acceptors (Lipinski definition) is 5. The summed E-state index contributed by atoms with van der Waals surface area (Å²) >= 11 is 0. The van der Waals surface area contributed by atoms with Crippen LogP contribution in [0.1, 0.15) is 10.4 Å². The number of rotatable bonds is 3. The average molecular weight is 236 g/mol. The van der Waals surface area contributed by atoms with Gasteiger partial charge in [-0.05, 0) is 13.1 Å². The zero-order chi connectivity index (χ0) is 12.1. The van der Waals surface area contributed by atoms with E-state index in [1.54, 1.807) is 11.0 Å². The van der Waals surface area contributed by atoms with E-state index >= 15 is 0 Å². The number of nitrogens with zero attached hydrogens (tertiary/aromatic N) is 3. The number of amides is 1. The van der Waals surface area contributed by atoms with Crippen molar-refractivity contribution in [3.63, 3.8) is 0 Å². The summed E-state index contributed by atoms with van der Waals surface area (Å²) in [6.45, 7) is 2.57. The molecular weight excluding hydrogens is 220 g/mol. The molecule has 1 unspecified atom stereocenters. The summed E-state index contributed by atoms with van der Waals surface area (Å²) in [5.41, 5.74) is 0.574. The Labute approximate surface area is 100.0 Å². The number of carbonyl (C=O) groups is 1. The molecule has 1 aromatic rings. The zero-order valence-electron chi connectivity index (χ0n) is 9.80. The van der Waals surface area contributed by atoms with Crippen LogP contribution in [0, 0.1) is 0 Å². The SMILES string of the molecule is CNCC1CN(C(=O)c2ccnnc2)CCO1. The van der Waals surface area contributed by atoms with Crippen molar-refractivity contribution in [3.05, 3.63) is 24.0 Å². The van der Waals surface area contributed by atoms with E-state index in [0.29, 0.717) is 25.3 Å². The predicted molar refractivity (Wildman–Crippen MR) is 61.6 cm³/mol. The molecule has 1 saturated heterocycles. The second-order valence-corrected chi connectivity index (χ2v) is 3.93. The number of carbonyl (C=O) groups excluding carboxylic acids is 1. The maximum atomic E-state index is 12.1. The summed E-state index contributed by atoms with van der Waals surface area (Å²) in [6.07, 6.45) is 3.08. The highest BCUT2D eigenvalue weighted by Gasteiger charge is 2.24. The van der Waals surface area contributed by atoms with Crippen molar-refractivity contribution >= 4 is 5.91 Å². The first-order valence-corrected chi connectivity index (χ1v) is 5.63. The van der Waals surface area contributed by atoms with Crippen LogP contribution in [0.25, 0.3) is 0 Å². The van der Waals surface area contributed by atoms with E-state index in [1.807, 2.05) is 7.05 Å². The molecular formula is C11H16N4O2. The fraction of sp³-hybridized carbons (Fsp3) is 0.545. The third-order valence-electron chi connectivity index (χ3n) is 2.69. The number of hydrogen-bond donors (Lipinski definition) is 1. The topological polar surface area (TPSA) is 67.4 Å². The lowest BCUT2D eigenvalue weighted by Crippen LogP contribution is -2.48. The fourth-order valence-electron chi connectivity index (χ4n) is 1.85. The van der Waals surface area contributed by atoms with Gasteiger partial charge in [-0.3, -0.25) is 4.79 Å². The first kappa shape index (κ1) is 11.9. The van der Waals surface area contributed by atoms with Gasteiger partial charge in [0.25, 0.3) is 5.91 Å². The van der Waals surface area contributed by atoms with E-state index < -0.39 is 0 Å². The van der Waals surface area contributed by atoms with Crippen LogP contribution in [-0.2, 0) is 4.74 Å². The van der Waals surface area contributed by atoms with Crippen LogP contribution in [0.15, 0.2) is 18.5 Å². The molecule has 6 heteroatoms. The molecule has 0 spiro atoms. The second kappa shape index (κ2) is 5.70. The Morgan fingerprint density at radius 3 is 3.24 bits per heavy atom. The van der Waals surface area contributed by atoms with Crippen LogP contribution in [0.5, 0.6) is 0 Å². The highest BCUT2D eigenvalue weighted by molar-refractivity contribution is 5.93. The van der Waals surface area contributed by atoms with Crippen molar-refractivity contribution in [2.75, 3.05) is 33.3 Å². The van der Waals surface area contributed by atoms with Gasteiger partial charge in [-0.15, -0.1) is 0 Å². The molecule has 6 nitrogen and oxygen atoms in total. The number of nitrogens with one attached hydrogen (secondary N) is 1. The molecule has 92 valence electrons. The van der Waals surface area contributed by atoms with Crippen molar-refractivity contribution in [1.29, 1.82) is 0 Å². The minimum Gasteiger partial charge on any atom is -0.373 e. The van der Waals surface area contributed by atoms with Crippen LogP contribution < -0.4 is 5.32 Å². The van der Waals surface area contributed by atoms with E-state index in [-0.39, 0.29) is 12.0 Å². The minimum atomic E-state index is -0.00990.